The molecule has 0 saturated heterocycles. The molecule has 2 atom stereocenters. The van der Waals surface area contributed by atoms with Gasteiger partial charge >= 0.3 is 0 Å². The van der Waals surface area contributed by atoms with Crippen molar-refractivity contribution in [3.8, 4) is 0 Å². The number of ether oxygens (including phenoxy) is 1. The molecule has 1 amide bonds. The lowest BCUT2D eigenvalue weighted by atomic mass is 10.1. The number of amides is 1. The molecule has 6 heteroatoms. The van der Waals surface area contributed by atoms with E-state index < -0.39 is 0 Å². The van der Waals surface area contributed by atoms with Crippen LogP contribution >= 0.6 is 0 Å². The highest BCUT2D eigenvalue weighted by Gasteiger charge is 2.27. The molecule has 0 bridgehead atoms. The lowest BCUT2D eigenvalue weighted by Crippen LogP contribution is -2.33. The normalized spacial score (nSPS) is 22.2. The van der Waals surface area contributed by atoms with Crippen LogP contribution in [0.3, 0.4) is 0 Å². The van der Waals surface area contributed by atoms with Crippen LogP contribution in [0.25, 0.3) is 10.9 Å². The molecule has 1 aromatic carbocycles. The standard InChI is InChI=1S/C14H18N4O2/c1-20-10-4-3-9(7-10)16-14(19)13-11-6-8(15)2-5-12(11)17-18-13/h2,5-6,9-10H,3-4,7,15H2,1H3,(H,16,19)(H,17,18). The van der Waals surface area contributed by atoms with Crippen molar-refractivity contribution in [2.24, 2.45) is 0 Å². The number of aromatic amines is 1. The summed E-state index contributed by atoms with van der Waals surface area (Å²) in [4.78, 5) is 12.3. The van der Waals surface area contributed by atoms with Gasteiger partial charge in [0.1, 0.15) is 0 Å². The van der Waals surface area contributed by atoms with E-state index in [0.29, 0.717) is 11.4 Å². The van der Waals surface area contributed by atoms with Gasteiger partial charge < -0.3 is 15.8 Å². The number of fused-ring (bicyclic) bond motifs is 1. The molecule has 0 aliphatic heterocycles. The Kier molecular flexibility index (Phi) is 3.31. The van der Waals surface area contributed by atoms with Gasteiger partial charge in [-0.1, -0.05) is 0 Å². The molecule has 1 saturated carbocycles. The maximum Gasteiger partial charge on any atom is 0.272 e. The summed E-state index contributed by atoms with van der Waals surface area (Å²) in [5.74, 6) is -0.163. The third kappa shape index (κ3) is 2.34. The molecule has 20 heavy (non-hydrogen) atoms. The minimum absolute atomic E-state index is 0.153. The molecule has 3 rings (SSSR count). The predicted octanol–water partition coefficient (Wildman–Crippen LogP) is 1.44. The number of carbonyl (C=O) groups is 1. The molecule has 1 aromatic heterocycles. The number of methoxy groups -OCH3 is 1. The topological polar surface area (TPSA) is 93.0 Å². The van der Waals surface area contributed by atoms with E-state index in [9.17, 15) is 4.79 Å². The third-order valence-electron chi connectivity index (χ3n) is 3.86. The highest BCUT2D eigenvalue weighted by molar-refractivity contribution is 6.05. The van der Waals surface area contributed by atoms with Gasteiger partial charge in [-0.2, -0.15) is 5.10 Å². The number of carbonyl (C=O) groups excluding carboxylic acids is 1. The van der Waals surface area contributed by atoms with Crippen LogP contribution in [-0.4, -0.2) is 35.4 Å². The first kappa shape index (κ1) is 12.9. The van der Waals surface area contributed by atoms with Gasteiger partial charge in [0.15, 0.2) is 5.69 Å². The lowest BCUT2D eigenvalue weighted by Gasteiger charge is -2.11. The lowest BCUT2D eigenvalue weighted by molar-refractivity contribution is 0.0912. The molecule has 2 aromatic rings. The zero-order valence-electron chi connectivity index (χ0n) is 11.3. The van der Waals surface area contributed by atoms with Crippen molar-refractivity contribution < 1.29 is 9.53 Å². The van der Waals surface area contributed by atoms with Crippen LogP contribution in [0.15, 0.2) is 18.2 Å². The maximum absolute atomic E-state index is 12.3. The zero-order chi connectivity index (χ0) is 14.1. The number of H-pyrrole nitrogens is 1. The van der Waals surface area contributed by atoms with Gasteiger partial charge in [-0.15, -0.1) is 0 Å². The van der Waals surface area contributed by atoms with E-state index in [1.165, 1.54) is 0 Å². The number of nitrogen functional groups attached to an aromatic ring is 1. The van der Waals surface area contributed by atoms with Gasteiger partial charge in [0, 0.05) is 24.2 Å². The van der Waals surface area contributed by atoms with Gasteiger partial charge in [-0.25, -0.2) is 0 Å². The third-order valence-corrected chi connectivity index (χ3v) is 3.86. The highest BCUT2D eigenvalue weighted by atomic mass is 16.5. The molecular weight excluding hydrogens is 256 g/mol. The summed E-state index contributed by atoms with van der Waals surface area (Å²) in [5, 5.41) is 10.7. The Balaban J connectivity index is 1.77. The second-order valence-corrected chi connectivity index (χ2v) is 5.22. The summed E-state index contributed by atoms with van der Waals surface area (Å²) < 4.78 is 5.31. The maximum atomic E-state index is 12.3. The van der Waals surface area contributed by atoms with E-state index in [1.807, 2.05) is 6.07 Å². The minimum Gasteiger partial charge on any atom is -0.399 e. The highest BCUT2D eigenvalue weighted by Crippen LogP contribution is 2.23. The first-order valence-corrected chi connectivity index (χ1v) is 6.74. The summed E-state index contributed by atoms with van der Waals surface area (Å²) in [7, 11) is 1.71. The smallest absolute Gasteiger partial charge is 0.272 e. The number of benzene rings is 1. The summed E-state index contributed by atoms with van der Waals surface area (Å²) >= 11 is 0. The SMILES string of the molecule is COC1CCC(NC(=O)c2n[nH]c3ccc(N)cc23)C1. The van der Waals surface area contributed by atoms with Gasteiger partial charge in [0.05, 0.1) is 11.6 Å². The molecule has 1 aliphatic rings. The molecule has 1 aliphatic carbocycles. The zero-order valence-corrected chi connectivity index (χ0v) is 11.3. The summed E-state index contributed by atoms with van der Waals surface area (Å²) in [6.45, 7) is 0. The van der Waals surface area contributed by atoms with E-state index in [2.05, 4.69) is 15.5 Å². The predicted molar refractivity (Wildman–Crippen MR) is 76.4 cm³/mol. The van der Waals surface area contributed by atoms with Crippen LogP contribution in [0, 0.1) is 0 Å². The van der Waals surface area contributed by atoms with Crippen molar-refractivity contribution >= 4 is 22.5 Å². The van der Waals surface area contributed by atoms with Crippen molar-refractivity contribution in [3.63, 3.8) is 0 Å². The Bertz CT molecular complexity index is 637. The first-order chi connectivity index (χ1) is 9.67. The Morgan fingerprint density at radius 2 is 2.35 bits per heavy atom. The van der Waals surface area contributed by atoms with Gasteiger partial charge in [0.25, 0.3) is 5.91 Å². The molecule has 4 N–H and O–H groups in total. The Morgan fingerprint density at radius 1 is 1.50 bits per heavy atom. The molecular formula is C14H18N4O2. The molecule has 0 spiro atoms. The van der Waals surface area contributed by atoms with Gasteiger partial charge in [-0.05, 0) is 37.5 Å². The average Bonchev–Trinajstić information content (AvgIpc) is 3.04. The van der Waals surface area contributed by atoms with Crippen molar-refractivity contribution in [2.45, 2.75) is 31.4 Å². The fourth-order valence-electron chi connectivity index (χ4n) is 2.74. The molecule has 1 heterocycles. The van der Waals surface area contributed by atoms with Gasteiger partial charge in [0.2, 0.25) is 0 Å². The van der Waals surface area contributed by atoms with E-state index in [-0.39, 0.29) is 18.1 Å². The quantitative estimate of drug-likeness (QED) is 0.738. The van der Waals surface area contributed by atoms with Crippen LogP contribution < -0.4 is 11.1 Å². The van der Waals surface area contributed by atoms with Crippen LogP contribution in [0.2, 0.25) is 0 Å². The van der Waals surface area contributed by atoms with Crippen molar-refractivity contribution in [2.75, 3.05) is 12.8 Å². The number of rotatable bonds is 3. The number of aromatic nitrogens is 2. The van der Waals surface area contributed by atoms with Crippen molar-refractivity contribution in [3.05, 3.63) is 23.9 Å². The average molecular weight is 274 g/mol. The second-order valence-electron chi connectivity index (χ2n) is 5.22. The molecule has 2 unspecified atom stereocenters. The summed E-state index contributed by atoms with van der Waals surface area (Å²) in [6.07, 6.45) is 3.02. The van der Waals surface area contributed by atoms with Crippen molar-refractivity contribution in [1.82, 2.24) is 15.5 Å². The van der Waals surface area contributed by atoms with Gasteiger partial charge in [-0.3, -0.25) is 9.89 Å². The number of hydrogen-bond acceptors (Lipinski definition) is 4. The number of nitrogens with one attached hydrogen (secondary N) is 2. The van der Waals surface area contributed by atoms with Crippen LogP contribution in [0.1, 0.15) is 29.8 Å². The summed E-state index contributed by atoms with van der Waals surface area (Å²) in [6, 6.07) is 5.52. The van der Waals surface area contributed by atoms with E-state index in [1.54, 1.807) is 19.2 Å². The molecule has 6 nitrogen and oxygen atoms in total. The van der Waals surface area contributed by atoms with Crippen LogP contribution in [0.5, 0.6) is 0 Å². The minimum atomic E-state index is -0.163. The Morgan fingerprint density at radius 3 is 3.10 bits per heavy atom. The second kappa shape index (κ2) is 5.13. The molecule has 1 fully saturated rings. The van der Waals surface area contributed by atoms with Crippen LogP contribution in [0.4, 0.5) is 5.69 Å². The molecule has 0 radical (unpaired) electrons. The number of hydrogen-bond donors (Lipinski definition) is 3. The largest absolute Gasteiger partial charge is 0.399 e. The Labute approximate surface area is 116 Å². The van der Waals surface area contributed by atoms with E-state index in [4.69, 9.17) is 10.5 Å². The summed E-state index contributed by atoms with van der Waals surface area (Å²) in [5.41, 5.74) is 7.59. The van der Waals surface area contributed by atoms with Crippen molar-refractivity contribution in [1.29, 1.82) is 0 Å². The number of nitrogens with two attached hydrogens (primary N) is 1. The first-order valence-electron chi connectivity index (χ1n) is 6.74. The monoisotopic (exact) mass is 274 g/mol. The molecule has 106 valence electrons. The Hall–Kier alpha value is -2.08. The fraction of sp³-hybridized carbons (Fsp3) is 0.429. The number of anilines is 1. The number of nitrogens with zero attached hydrogens (tertiary/aromatic N) is 1. The van der Waals surface area contributed by atoms with E-state index >= 15 is 0 Å². The van der Waals surface area contributed by atoms with Crippen LogP contribution in [-0.2, 0) is 4.74 Å². The fourth-order valence-corrected chi connectivity index (χ4v) is 2.74. The van der Waals surface area contributed by atoms with E-state index in [0.717, 1.165) is 30.2 Å².